The van der Waals surface area contributed by atoms with Crippen molar-refractivity contribution >= 4 is 17.5 Å². The van der Waals surface area contributed by atoms with Crippen molar-refractivity contribution in [3.05, 3.63) is 0 Å². The zero-order valence-electron chi connectivity index (χ0n) is 10.9. The van der Waals surface area contributed by atoms with Gasteiger partial charge in [0, 0.05) is 22.3 Å². The van der Waals surface area contributed by atoms with Gasteiger partial charge in [0.2, 0.25) is 0 Å². The molecule has 4 fully saturated rings. The van der Waals surface area contributed by atoms with Crippen molar-refractivity contribution in [2.24, 2.45) is 22.7 Å². The second-order valence-electron chi connectivity index (χ2n) is 7.31. The lowest BCUT2D eigenvalue weighted by Gasteiger charge is -2.44. The lowest BCUT2D eigenvalue weighted by Crippen LogP contribution is -2.47. The first kappa shape index (κ1) is 10.9. The van der Waals surface area contributed by atoms with Crippen LogP contribution in [0.25, 0.3) is 0 Å². The summed E-state index contributed by atoms with van der Waals surface area (Å²) in [5, 5.41) is 1.57. The van der Waals surface area contributed by atoms with Crippen LogP contribution in [0.15, 0.2) is 0 Å². The van der Waals surface area contributed by atoms with Crippen molar-refractivity contribution in [1.82, 2.24) is 0 Å². The molecular formula is C15H22OS. The van der Waals surface area contributed by atoms with Crippen molar-refractivity contribution in [3.63, 3.8) is 0 Å². The molecule has 0 N–H and O–H groups in total. The van der Waals surface area contributed by atoms with Crippen LogP contribution >= 0.6 is 11.8 Å². The molecule has 0 amide bonds. The maximum atomic E-state index is 12.6. The second-order valence-corrected chi connectivity index (χ2v) is 8.75. The smallest absolute Gasteiger partial charge is 0.140 e. The summed E-state index contributed by atoms with van der Waals surface area (Å²) in [6.07, 6.45) is 7.63. The highest BCUT2D eigenvalue weighted by Crippen LogP contribution is 2.71. The van der Waals surface area contributed by atoms with Gasteiger partial charge >= 0.3 is 0 Å². The summed E-state index contributed by atoms with van der Waals surface area (Å²) >= 11 is 2.19. The summed E-state index contributed by atoms with van der Waals surface area (Å²) in [5.41, 5.74) is 0.356. The Morgan fingerprint density at radius 3 is 2.53 bits per heavy atom. The van der Waals surface area contributed by atoms with Crippen LogP contribution in [0.4, 0.5) is 0 Å². The lowest BCUT2D eigenvalue weighted by atomic mass is 9.64. The number of hydrogen-bond donors (Lipinski definition) is 0. The SMILES string of the molecule is CC1(C)[C@@H]2CC[C@@]1([C@@H]1S[C@@H]3CC[C@H]1C3)C(=O)C2. The van der Waals surface area contributed by atoms with E-state index in [1.54, 1.807) is 0 Å². The molecule has 2 heteroatoms. The third-order valence-electron chi connectivity index (χ3n) is 6.66. The number of thioether (sulfide) groups is 1. The Balaban J connectivity index is 1.78. The molecule has 4 rings (SSSR count). The van der Waals surface area contributed by atoms with Gasteiger partial charge in [-0.3, -0.25) is 4.79 Å². The fourth-order valence-corrected chi connectivity index (χ4v) is 7.89. The number of carbonyl (C=O) groups is 1. The van der Waals surface area contributed by atoms with Gasteiger partial charge in [0.1, 0.15) is 5.78 Å². The van der Waals surface area contributed by atoms with Gasteiger partial charge in [0.05, 0.1) is 0 Å². The molecule has 0 spiro atoms. The molecule has 1 heterocycles. The molecular weight excluding hydrogens is 228 g/mol. The minimum absolute atomic E-state index is 0.0716. The molecule has 3 saturated carbocycles. The number of hydrogen-bond acceptors (Lipinski definition) is 2. The Hall–Kier alpha value is 0.0200. The summed E-state index contributed by atoms with van der Waals surface area (Å²) in [7, 11) is 0. The lowest BCUT2D eigenvalue weighted by molar-refractivity contribution is -0.130. The third kappa shape index (κ3) is 1.08. The summed E-state index contributed by atoms with van der Waals surface area (Å²) < 4.78 is 0. The van der Waals surface area contributed by atoms with Gasteiger partial charge in [-0.2, -0.15) is 11.8 Å². The molecule has 5 atom stereocenters. The maximum Gasteiger partial charge on any atom is 0.140 e. The van der Waals surface area contributed by atoms with Crippen molar-refractivity contribution < 1.29 is 4.79 Å². The predicted molar refractivity (Wildman–Crippen MR) is 71.1 cm³/mol. The number of fused-ring (bicyclic) bond motifs is 4. The second kappa shape index (κ2) is 3.12. The third-order valence-corrected chi connectivity index (χ3v) is 8.56. The Labute approximate surface area is 108 Å². The van der Waals surface area contributed by atoms with Crippen LogP contribution in [0.1, 0.15) is 52.4 Å². The van der Waals surface area contributed by atoms with Crippen LogP contribution in [0.3, 0.4) is 0 Å². The monoisotopic (exact) mass is 250 g/mol. The molecule has 0 aromatic heterocycles. The standard InChI is InChI=1S/C15H22OS/c1-14(2)10-5-6-15(14,12(16)8-10)13-9-3-4-11(7-9)17-13/h9-11,13H,3-8H2,1-2H3/t9-,10+,11+,13+,15-/m0/s1. The predicted octanol–water partition coefficient (Wildman–Crippen LogP) is 3.67. The largest absolute Gasteiger partial charge is 0.299 e. The first-order valence-corrected chi connectivity index (χ1v) is 8.19. The average Bonchev–Trinajstić information content (AvgIpc) is 2.98. The molecule has 1 aliphatic heterocycles. The van der Waals surface area contributed by atoms with E-state index in [2.05, 4.69) is 25.6 Å². The fraction of sp³-hybridized carbons (Fsp3) is 0.933. The number of ketones is 1. The fourth-order valence-electron chi connectivity index (χ4n) is 5.59. The zero-order valence-corrected chi connectivity index (χ0v) is 11.7. The molecule has 0 radical (unpaired) electrons. The van der Waals surface area contributed by atoms with E-state index in [0.717, 1.165) is 17.6 Å². The first-order valence-electron chi connectivity index (χ1n) is 7.24. The van der Waals surface area contributed by atoms with Crippen molar-refractivity contribution in [3.8, 4) is 0 Å². The Morgan fingerprint density at radius 1 is 1.24 bits per heavy atom. The van der Waals surface area contributed by atoms with E-state index >= 15 is 0 Å². The molecule has 0 aromatic carbocycles. The van der Waals surface area contributed by atoms with Crippen LogP contribution in [-0.2, 0) is 4.79 Å². The summed E-state index contributed by atoms with van der Waals surface area (Å²) in [6, 6.07) is 0. The molecule has 0 unspecified atom stereocenters. The van der Waals surface area contributed by atoms with E-state index in [4.69, 9.17) is 0 Å². The van der Waals surface area contributed by atoms with E-state index < -0.39 is 0 Å². The molecule has 1 saturated heterocycles. The minimum atomic E-state index is 0.0716. The highest BCUT2D eigenvalue weighted by Gasteiger charge is 2.69. The molecule has 4 aliphatic rings. The molecule has 94 valence electrons. The van der Waals surface area contributed by atoms with E-state index in [1.807, 2.05) is 0 Å². The van der Waals surface area contributed by atoms with Gasteiger partial charge in [-0.25, -0.2) is 0 Å². The number of Topliss-reactive ketones (excluding diaryl/α,β-unsaturated/α-hetero) is 1. The van der Waals surface area contributed by atoms with Gasteiger partial charge in [-0.1, -0.05) is 13.8 Å². The van der Waals surface area contributed by atoms with Crippen LogP contribution in [0, 0.1) is 22.7 Å². The van der Waals surface area contributed by atoms with Gasteiger partial charge in [-0.05, 0) is 49.4 Å². The van der Waals surface area contributed by atoms with Gasteiger partial charge in [-0.15, -0.1) is 0 Å². The maximum absolute atomic E-state index is 12.6. The van der Waals surface area contributed by atoms with Crippen LogP contribution in [-0.4, -0.2) is 16.3 Å². The Kier molecular flexibility index (Phi) is 2.00. The first-order chi connectivity index (χ1) is 8.05. The van der Waals surface area contributed by atoms with E-state index in [1.165, 1.54) is 32.1 Å². The van der Waals surface area contributed by atoms with Crippen molar-refractivity contribution in [2.45, 2.75) is 62.9 Å². The van der Waals surface area contributed by atoms with E-state index in [-0.39, 0.29) is 10.8 Å². The highest BCUT2D eigenvalue weighted by atomic mass is 32.2. The number of carbonyl (C=O) groups excluding carboxylic acids is 1. The van der Waals surface area contributed by atoms with Crippen molar-refractivity contribution in [2.75, 3.05) is 0 Å². The Morgan fingerprint density at radius 2 is 2.06 bits per heavy atom. The van der Waals surface area contributed by atoms with E-state index in [9.17, 15) is 4.79 Å². The topological polar surface area (TPSA) is 17.1 Å². The number of rotatable bonds is 1. The van der Waals surface area contributed by atoms with Gasteiger partial charge in [0.15, 0.2) is 0 Å². The van der Waals surface area contributed by atoms with Crippen LogP contribution in [0.5, 0.6) is 0 Å². The molecule has 0 aromatic rings. The highest BCUT2D eigenvalue weighted by molar-refractivity contribution is 8.00. The molecule has 1 nitrogen and oxygen atoms in total. The van der Waals surface area contributed by atoms with Crippen LogP contribution < -0.4 is 0 Å². The van der Waals surface area contributed by atoms with Crippen molar-refractivity contribution in [1.29, 1.82) is 0 Å². The molecule has 3 aliphatic carbocycles. The summed E-state index contributed by atoms with van der Waals surface area (Å²) in [4.78, 5) is 12.6. The molecule has 4 bridgehead atoms. The van der Waals surface area contributed by atoms with Gasteiger partial charge < -0.3 is 0 Å². The Bertz CT molecular complexity index is 388. The normalized spacial score (nSPS) is 54.8. The van der Waals surface area contributed by atoms with Crippen LogP contribution in [0.2, 0.25) is 0 Å². The summed E-state index contributed by atoms with van der Waals surface area (Å²) in [6.45, 7) is 4.78. The average molecular weight is 250 g/mol. The summed E-state index contributed by atoms with van der Waals surface area (Å²) in [5.74, 6) is 2.18. The minimum Gasteiger partial charge on any atom is -0.299 e. The van der Waals surface area contributed by atoms with E-state index in [0.29, 0.717) is 17.0 Å². The molecule has 17 heavy (non-hydrogen) atoms. The van der Waals surface area contributed by atoms with Gasteiger partial charge in [0.25, 0.3) is 0 Å². The zero-order chi connectivity index (χ0) is 11.8. The quantitative estimate of drug-likeness (QED) is 0.706.